The van der Waals surface area contributed by atoms with Gasteiger partial charge in [-0.2, -0.15) is 0 Å². The molecule has 3 rings (SSSR count). The minimum atomic E-state index is 0.108. The average Bonchev–Trinajstić information content (AvgIpc) is 3.30. The molecule has 0 spiro atoms. The van der Waals surface area contributed by atoms with Crippen LogP contribution in [0.2, 0.25) is 0 Å². The summed E-state index contributed by atoms with van der Waals surface area (Å²) in [5.74, 6) is 2.27. The Labute approximate surface area is 156 Å². The number of likely N-dealkylation sites (tertiary alicyclic amines) is 1. The zero-order valence-electron chi connectivity index (χ0n) is 15.9. The molecule has 6 heteroatoms. The largest absolute Gasteiger partial charge is 0.497 e. The first-order valence-corrected chi connectivity index (χ1v) is 9.57. The Morgan fingerprint density at radius 2 is 1.92 bits per heavy atom. The highest BCUT2D eigenvalue weighted by molar-refractivity contribution is 5.79. The van der Waals surface area contributed by atoms with Crippen LogP contribution in [0.3, 0.4) is 0 Å². The van der Waals surface area contributed by atoms with Gasteiger partial charge in [-0.15, -0.1) is 0 Å². The van der Waals surface area contributed by atoms with Crippen molar-refractivity contribution in [2.45, 2.75) is 38.3 Å². The number of nitrogens with zero attached hydrogens (tertiary/aromatic N) is 1. The van der Waals surface area contributed by atoms with Crippen molar-refractivity contribution in [3.05, 3.63) is 23.8 Å². The number of rotatable bonds is 7. The smallest absolute Gasteiger partial charge is 0.223 e. The summed E-state index contributed by atoms with van der Waals surface area (Å²) in [5, 5.41) is 3.26. The lowest BCUT2D eigenvalue weighted by Crippen LogP contribution is -2.42. The van der Waals surface area contributed by atoms with E-state index in [-0.39, 0.29) is 17.9 Å². The van der Waals surface area contributed by atoms with Crippen LogP contribution in [0, 0.1) is 11.8 Å². The van der Waals surface area contributed by atoms with Crippen LogP contribution in [0.5, 0.6) is 11.5 Å². The third kappa shape index (κ3) is 4.48. The second-order valence-corrected chi connectivity index (χ2v) is 7.48. The van der Waals surface area contributed by atoms with Gasteiger partial charge in [-0.1, -0.05) is 6.42 Å². The maximum absolute atomic E-state index is 12.6. The predicted molar refractivity (Wildman–Crippen MR) is 101 cm³/mol. The van der Waals surface area contributed by atoms with Crippen molar-refractivity contribution < 1.29 is 14.3 Å². The minimum Gasteiger partial charge on any atom is -0.497 e. The summed E-state index contributed by atoms with van der Waals surface area (Å²) in [6.45, 7) is 3.31. The van der Waals surface area contributed by atoms with E-state index in [9.17, 15) is 4.79 Å². The second kappa shape index (κ2) is 8.73. The summed E-state index contributed by atoms with van der Waals surface area (Å²) in [4.78, 5) is 15.0. The zero-order chi connectivity index (χ0) is 18.5. The summed E-state index contributed by atoms with van der Waals surface area (Å²) in [5.41, 5.74) is 6.98. The Balaban J connectivity index is 1.53. The van der Waals surface area contributed by atoms with Gasteiger partial charge in [0, 0.05) is 37.7 Å². The number of hydrogen-bond acceptors (Lipinski definition) is 5. The molecular weight excluding hydrogens is 330 g/mol. The molecular formula is C20H31N3O3. The van der Waals surface area contributed by atoms with Gasteiger partial charge in [0.2, 0.25) is 5.91 Å². The van der Waals surface area contributed by atoms with E-state index in [2.05, 4.69) is 10.2 Å². The molecule has 1 unspecified atom stereocenters. The van der Waals surface area contributed by atoms with Gasteiger partial charge in [-0.25, -0.2) is 0 Å². The highest BCUT2D eigenvalue weighted by Gasteiger charge is 2.34. The first-order valence-electron chi connectivity index (χ1n) is 9.57. The molecule has 3 N–H and O–H groups in total. The summed E-state index contributed by atoms with van der Waals surface area (Å²) in [7, 11) is 3.33. The zero-order valence-corrected chi connectivity index (χ0v) is 15.9. The number of nitrogens with one attached hydrogen (secondary N) is 1. The molecule has 2 aliphatic rings. The van der Waals surface area contributed by atoms with E-state index in [4.69, 9.17) is 15.2 Å². The summed E-state index contributed by atoms with van der Waals surface area (Å²) >= 11 is 0. The molecule has 1 aliphatic carbocycles. The number of carbonyl (C=O) groups excluding carboxylic acids is 1. The normalized spacial score (nSPS) is 26.0. The standard InChI is InChI=1S/C20H31N3O3/c1-25-17-8-14(9-18(10-17)26-2)12-23-7-6-16(13-23)22-20(24)19-5-3-4-15(19)11-21/h8-10,15-16,19H,3-7,11-13,21H2,1-2H3,(H,22,24)/t15-,16?,19-/m1/s1. The Bertz CT molecular complexity index is 600. The van der Waals surface area contributed by atoms with E-state index in [0.29, 0.717) is 12.5 Å². The topological polar surface area (TPSA) is 76.8 Å². The number of benzene rings is 1. The van der Waals surface area contributed by atoms with Crippen LogP contribution < -0.4 is 20.5 Å². The molecule has 1 aromatic rings. The molecule has 6 nitrogen and oxygen atoms in total. The first kappa shape index (κ1) is 19.0. The van der Waals surface area contributed by atoms with Crippen molar-refractivity contribution in [3.63, 3.8) is 0 Å². The van der Waals surface area contributed by atoms with Gasteiger partial charge in [-0.05, 0) is 49.4 Å². The average molecular weight is 361 g/mol. The SMILES string of the molecule is COc1cc(CN2CCC(NC(=O)[C@@H]3CCC[C@@H]3CN)C2)cc(OC)c1. The van der Waals surface area contributed by atoms with Crippen molar-refractivity contribution in [1.82, 2.24) is 10.2 Å². The summed E-state index contributed by atoms with van der Waals surface area (Å²) in [6.07, 6.45) is 4.18. The van der Waals surface area contributed by atoms with E-state index < -0.39 is 0 Å². The van der Waals surface area contributed by atoms with Gasteiger partial charge in [0.25, 0.3) is 0 Å². The Morgan fingerprint density at radius 3 is 2.58 bits per heavy atom. The van der Waals surface area contributed by atoms with Gasteiger partial charge >= 0.3 is 0 Å². The fraction of sp³-hybridized carbons (Fsp3) is 0.650. The molecule has 1 saturated carbocycles. The van der Waals surface area contributed by atoms with E-state index in [0.717, 1.165) is 62.4 Å². The highest BCUT2D eigenvalue weighted by Crippen LogP contribution is 2.31. The number of ether oxygens (including phenoxy) is 2. The van der Waals surface area contributed by atoms with Crippen LogP contribution >= 0.6 is 0 Å². The molecule has 0 aromatic heterocycles. The molecule has 0 bridgehead atoms. The molecule has 3 atom stereocenters. The van der Waals surface area contributed by atoms with E-state index in [1.165, 1.54) is 0 Å². The summed E-state index contributed by atoms with van der Waals surface area (Å²) in [6, 6.07) is 6.19. The maximum atomic E-state index is 12.6. The quantitative estimate of drug-likeness (QED) is 0.774. The summed E-state index contributed by atoms with van der Waals surface area (Å²) < 4.78 is 10.7. The lowest BCUT2D eigenvalue weighted by atomic mass is 9.95. The molecule has 2 fully saturated rings. The lowest BCUT2D eigenvalue weighted by molar-refractivity contribution is -0.126. The number of hydrogen-bond donors (Lipinski definition) is 2. The van der Waals surface area contributed by atoms with Crippen molar-refractivity contribution in [2.24, 2.45) is 17.6 Å². The third-order valence-corrected chi connectivity index (χ3v) is 5.73. The number of amides is 1. The fourth-order valence-electron chi connectivity index (χ4n) is 4.28. The first-order chi connectivity index (χ1) is 12.6. The molecule has 26 heavy (non-hydrogen) atoms. The molecule has 1 aliphatic heterocycles. The monoisotopic (exact) mass is 361 g/mol. The number of nitrogens with two attached hydrogens (primary N) is 1. The fourth-order valence-corrected chi connectivity index (χ4v) is 4.28. The minimum absolute atomic E-state index is 0.108. The highest BCUT2D eigenvalue weighted by atomic mass is 16.5. The predicted octanol–water partition coefficient (Wildman–Crippen LogP) is 1.77. The second-order valence-electron chi connectivity index (χ2n) is 7.48. The molecule has 1 saturated heterocycles. The van der Waals surface area contributed by atoms with Gasteiger partial charge in [0.15, 0.2) is 0 Å². The molecule has 1 heterocycles. The van der Waals surface area contributed by atoms with Crippen molar-refractivity contribution >= 4 is 5.91 Å². The van der Waals surface area contributed by atoms with Gasteiger partial charge in [0.05, 0.1) is 14.2 Å². The van der Waals surface area contributed by atoms with Crippen LogP contribution in [0.25, 0.3) is 0 Å². The van der Waals surface area contributed by atoms with Crippen LogP contribution in [-0.2, 0) is 11.3 Å². The van der Waals surface area contributed by atoms with E-state index in [1.54, 1.807) is 14.2 Å². The van der Waals surface area contributed by atoms with Gasteiger partial charge < -0.3 is 20.5 Å². The molecule has 1 amide bonds. The van der Waals surface area contributed by atoms with Crippen LogP contribution in [0.4, 0.5) is 0 Å². The van der Waals surface area contributed by atoms with E-state index >= 15 is 0 Å². The Hall–Kier alpha value is -1.79. The van der Waals surface area contributed by atoms with Gasteiger partial charge in [-0.3, -0.25) is 9.69 Å². The Morgan fingerprint density at radius 1 is 1.19 bits per heavy atom. The lowest BCUT2D eigenvalue weighted by Gasteiger charge is -2.21. The van der Waals surface area contributed by atoms with Crippen LogP contribution in [0.15, 0.2) is 18.2 Å². The van der Waals surface area contributed by atoms with Crippen molar-refractivity contribution in [2.75, 3.05) is 33.9 Å². The maximum Gasteiger partial charge on any atom is 0.223 e. The van der Waals surface area contributed by atoms with Gasteiger partial charge in [0.1, 0.15) is 11.5 Å². The molecule has 0 radical (unpaired) electrons. The number of methoxy groups -OCH3 is 2. The molecule has 1 aromatic carbocycles. The van der Waals surface area contributed by atoms with Crippen molar-refractivity contribution in [1.29, 1.82) is 0 Å². The molecule has 144 valence electrons. The van der Waals surface area contributed by atoms with Crippen LogP contribution in [0.1, 0.15) is 31.2 Å². The van der Waals surface area contributed by atoms with Crippen molar-refractivity contribution in [3.8, 4) is 11.5 Å². The Kier molecular flexibility index (Phi) is 6.38. The third-order valence-electron chi connectivity index (χ3n) is 5.73. The van der Waals surface area contributed by atoms with Crippen LogP contribution in [-0.4, -0.2) is 50.7 Å². The van der Waals surface area contributed by atoms with E-state index in [1.807, 2.05) is 18.2 Å². The number of carbonyl (C=O) groups is 1.